The first-order valence-electron chi connectivity index (χ1n) is 7.62. The van der Waals surface area contributed by atoms with Crippen LogP contribution in [-0.2, 0) is 4.79 Å². The van der Waals surface area contributed by atoms with Gasteiger partial charge in [0.15, 0.2) is 0 Å². The van der Waals surface area contributed by atoms with E-state index in [1.165, 1.54) is 0 Å². The van der Waals surface area contributed by atoms with E-state index >= 15 is 0 Å². The van der Waals surface area contributed by atoms with Gasteiger partial charge in [-0.15, -0.1) is 0 Å². The molecule has 1 fully saturated rings. The third kappa shape index (κ3) is 3.84. The molecular weight excluding hydrogens is 364 g/mol. The number of aliphatic hydroxyl groups is 1. The second-order valence-corrected chi connectivity index (χ2v) is 6.47. The van der Waals surface area contributed by atoms with Crippen LogP contribution >= 0.6 is 15.9 Å². The van der Waals surface area contributed by atoms with Gasteiger partial charge in [0.2, 0.25) is 0 Å². The van der Waals surface area contributed by atoms with E-state index in [4.69, 9.17) is 4.74 Å². The number of rotatable bonds is 7. The van der Waals surface area contributed by atoms with Crippen LogP contribution in [0.4, 0.5) is 4.79 Å². The molecular formula is C16H21BrN2O4. The lowest BCUT2D eigenvalue weighted by Gasteiger charge is -2.23. The Labute approximate surface area is 143 Å². The van der Waals surface area contributed by atoms with Crippen molar-refractivity contribution in [3.8, 4) is 5.75 Å². The highest BCUT2D eigenvalue weighted by Gasteiger charge is 2.48. The number of ether oxygens (including phenoxy) is 1. The number of amides is 3. The van der Waals surface area contributed by atoms with Gasteiger partial charge in [-0.2, -0.15) is 0 Å². The Hall–Kier alpha value is -1.60. The van der Waals surface area contributed by atoms with E-state index in [0.717, 1.165) is 9.37 Å². The number of carbonyl (C=O) groups excluding carboxylic acids is 2. The van der Waals surface area contributed by atoms with Crippen LogP contribution < -0.4 is 10.1 Å². The standard InChI is InChI=1S/C16H21BrN2O4/c1-3-16(4-2)14(21)19(15(22)18-16)9-12(20)10-23-13-7-5-11(17)6-8-13/h5-8,12,20H,3-4,9-10H2,1-2H3,(H,18,22)/t12-/m1/s1. The number of benzene rings is 1. The summed E-state index contributed by atoms with van der Waals surface area (Å²) < 4.78 is 6.40. The van der Waals surface area contributed by atoms with Crippen LogP contribution in [0, 0.1) is 0 Å². The Morgan fingerprint density at radius 1 is 1.26 bits per heavy atom. The number of halogens is 1. The number of aliphatic hydroxyl groups excluding tert-OH is 1. The smallest absolute Gasteiger partial charge is 0.325 e. The first-order valence-corrected chi connectivity index (χ1v) is 8.41. The molecule has 7 heteroatoms. The fourth-order valence-electron chi connectivity index (χ4n) is 2.56. The van der Waals surface area contributed by atoms with E-state index < -0.39 is 17.7 Å². The van der Waals surface area contributed by atoms with Gasteiger partial charge < -0.3 is 15.2 Å². The van der Waals surface area contributed by atoms with Gasteiger partial charge >= 0.3 is 6.03 Å². The van der Waals surface area contributed by atoms with Gasteiger partial charge in [-0.3, -0.25) is 9.69 Å². The van der Waals surface area contributed by atoms with Gasteiger partial charge in [0.25, 0.3) is 5.91 Å². The molecule has 6 nitrogen and oxygen atoms in total. The van der Waals surface area contributed by atoms with Crippen LogP contribution in [0.1, 0.15) is 26.7 Å². The molecule has 0 spiro atoms. The normalized spacial score (nSPS) is 18.0. The van der Waals surface area contributed by atoms with E-state index in [-0.39, 0.29) is 19.1 Å². The summed E-state index contributed by atoms with van der Waals surface area (Å²) in [4.78, 5) is 25.5. The highest BCUT2D eigenvalue weighted by molar-refractivity contribution is 9.10. The molecule has 3 amide bonds. The minimum atomic E-state index is -0.946. The molecule has 1 aromatic rings. The molecule has 2 N–H and O–H groups in total. The van der Waals surface area contributed by atoms with Crippen molar-refractivity contribution in [3.05, 3.63) is 28.7 Å². The van der Waals surface area contributed by atoms with Crippen molar-refractivity contribution in [3.63, 3.8) is 0 Å². The maximum atomic E-state index is 12.4. The van der Waals surface area contributed by atoms with Crippen LogP contribution in [0.3, 0.4) is 0 Å². The van der Waals surface area contributed by atoms with E-state index in [2.05, 4.69) is 21.2 Å². The third-order valence-corrected chi connectivity index (χ3v) is 4.63. The molecule has 1 heterocycles. The lowest BCUT2D eigenvalue weighted by atomic mass is 9.93. The quantitative estimate of drug-likeness (QED) is 0.706. The van der Waals surface area contributed by atoms with E-state index in [9.17, 15) is 14.7 Å². The molecule has 0 bridgehead atoms. The topological polar surface area (TPSA) is 78.9 Å². The first-order chi connectivity index (χ1) is 10.9. The number of nitrogens with one attached hydrogen (secondary N) is 1. The number of imide groups is 1. The average Bonchev–Trinajstić information content (AvgIpc) is 2.79. The Kier molecular flexibility index (Phi) is 5.64. The van der Waals surface area contributed by atoms with Crippen molar-refractivity contribution >= 4 is 27.9 Å². The predicted octanol–water partition coefficient (Wildman–Crippen LogP) is 2.30. The lowest BCUT2D eigenvalue weighted by molar-refractivity contribution is -0.132. The molecule has 0 unspecified atom stereocenters. The summed E-state index contributed by atoms with van der Waals surface area (Å²) >= 11 is 3.33. The second-order valence-electron chi connectivity index (χ2n) is 5.55. The number of carbonyl (C=O) groups is 2. The van der Waals surface area contributed by atoms with Gasteiger partial charge in [0.05, 0.1) is 6.54 Å². The second kappa shape index (κ2) is 7.31. The Balaban J connectivity index is 1.92. The molecule has 0 saturated carbocycles. The first kappa shape index (κ1) is 17.7. The zero-order valence-electron chi connectivity index (χ0n) is 13.2. The number of β-amino-alcohol motifs (C(OH)–C–C–N with tert-alkyl or cyclic N) is 1. The molecule has 0 aromatic heterocycles. The zero-order valence-corrected chi connectivity index (χ0v) is 14.8. The van der Waals surface area contributed by atoms with Gasteiger partial charge in [-0.25, -0.2) is 4.79 Å². The van der Waals surface area contributed by atoms with Crippen molar-refractivity contribution in [2.24, 2.45) is 0 Å². The van der Waals surface area contributed by atoms with Crippen molar-refractivity contribution in [1.29, 1.82) is 0 Å². The summed E-state index contributed by atoms with van der Waals surface area (Å²) in [5, 5.41) is 12.8. The average molecular weight is 385 g/mol. The molecule has 0 aliphatic carbocycles. The maximum Gasteiger partial charge on any atom is 0.325 e. The zero-order chi connectivity index (χ0) is 17.0. The van der Waals surface area contributed by atoms with Crippen molar-refractivity contribution < 1.29 is 19.4 Å². The molecule has 1 saturated heterocycles. The molecule has 0 radical (unpaired) electrons. The van der Waals surface area contributed by atoms with E-state index in [1.54, 1.807) is 12.1 Å². The molecule has 1 atom stereocenters. The highest BCUT2D eigenvalue weighted by atomic mass is 79.9. The monoisotopic (exact) mass is 384 g/mol. The van der Waals surface area contributed by atoms with Crippen LogP contribution in [0.15, 0.2) is 28.7 Å². The van der Waals surface area contributed by atoms with Gasteiger partial charge in [-0.05, 0) is 37.1 Å². The summed E-state index contributed by atoms with van der Waals surface area (Å²) in [5.74, 6) is 0.330. The Morgan fingerprint density at radius 3 is 2.39 bits per heavy atom. The Morgan fingerprint density at radius 2 is 1.87 bits per heavy atom. The van der Waals surface area contributed by atoms with Crippen molar-refractivity contribution in [2.45, 2.75) is 38.3 Å². The van der Waals surface area contributed by atoms with E-state index in [0.29, 0.717) is 18.6 Å². The molecule has 126 valence electrons. The summed E-state index contributed by atoms with van der Waals surface area (Å²) in [6.07, 6.45) is 0.101. The van der Waals surface area contributed by atoms with Crippen LogP contribution in [0.2, 0.25) is 0 Å². The molecule has 2 rings (SSSR count). The summed E-state index contributed by atoms with van der Waals surface area (Å²) in [7, 11) is 0. The number of urea groups is 1. The third-order valence-electron chi connectivity index (χ3n) is 4.10. The Bertz CT molecular complexity index is 572. The largest absolute Gasteiger partial charge is 0.491 e. The number of hydrogen-bond donors (Lipinski definition) is 2. The minimum absolute atomic E-state index is 0.00391. The van der Waals surface area contributed by atoms with Crippen LogP contribution in [0.25, 0.3) is 0 Å². The summed E-state index contributed by atoms with van der Waals surface area (Å²) in [5.41, 5.74) is -0.844. The lowest BCUT2D eigenvalue weighted by Crippen LogP contribution is -2.46. The maximum absolute atomic E-state index is 12.4. The van der Waals surface area contributed by atoms with Crippen LogP contribution in [0.5, 0.6) is 5.75 Å². The summed E-state index contributed by atoms with van der Waals surface area (Å²) in [6, 6.07) is 6.74. The molecule has 1 aliphatic heterocycles. The van der Waals surface area contributed by atoms with E-state index in [1.807, 2.05) is 26.0 Å². The fourth-order valence-corrected chi connectivity index (χ4v) is 2.82. The SMILES string of the molecule is CCC1(CC)NC(=O)N(C[C@@H](O)COc2ccc(Br)cc2)C1=O. The number of nitrogens with zero attached hydrogens (tertiary/aromatic N) is 1. The van der Waals surface area contributed by atoms with Crippen LogP contribution in [-0.4, -0.2) is 46.7 Å². The molecule has 1 aliphatic rings. The van der Waals surface area contributed by atoms with Crippen molar-refractivity contribution in [1.82, 2.24) is 10.2 Å². The van der Waals surface area contributed by atoms with Gasteiger partial charge in [0, 0.05) is 4.47 Å². The van der Waals surface area contributed by atoms with Crippen molar-refractivity contribution in [2.75, 3.05) is 13.2 Å². The summed E-state index contributed by atoms with van der Waals surface area (Å²) in [6.45, 7) is 3.64. The van der Waals surface area contributed by atoms with Gasteiger partial charge in [0.1, 0.15) is 24.0 Å². The minimum Gasteiger partial charge on any atom is -0.491 e. The number of hydrogen-bond acceptors (Lipinski definition) is 4. The molecule has 1 aromatic carbocycles. The van der Waals surface area contributed by atoms with Gasteiger partial charge in [-0.1, -0.05) is 29.8 Å². The highest BCUT2D eigenvalue weighted by Crippen LogP contribution is 2.25. The molecule has 23 heavy (non-hydrogen) atoms. The fraction of sp³-hybridized carbons (Fsp3) is 0.500. The predicted molar refractivity (Wildman–Crippen MR) is 89.2 cm³/mol.